The molecule has 1 atom stereocenters. The maximum absolute atomic E-state index is 12.2. The van der Waals surface area contributed by atoms with Crippen molar-refractivity contribution in [3.63, 3.8) is 0 Å². The number of urea groups is 1. The van der Waals surface area contributed by atoms with Crippen LogP contribution >= 0.6 is 0 Å². The van der Waals surface area contributed by atoms with Crippen molar-refractivity contribution < 1.29 is 9.59 Å². The summed E-state index contributed by atoms with van der Waals surface area (Å²) in [5.41, 5.74) is 5.03. The van der Waals surface area contributed by atoms with Crippen molar-refractivity contribution in [1.29, 1.82) is 0 Å². The van der Waals surface area contributed by atoms with Crippen LogP contribution in [0.15, 0.2) is 24.4 Å². The molecule has 1 aromatic heterocycles. The second-order valence-electron chi connectivity index (χ2n) is 6.87. The fourth-order valence-electron chi connectivity index (χ4n) is 3.54. The summed E-state index contributed by atoms with van der Waals surface area (Å²) in [6.07, 6.45) is 4.76. The van der Waals surface area contributed by atoms with Crippen LogP contribution in [0.4, 0.5) is 10.5 Å². The number of rotatable bonds is 3. The van der Waals surface area contributed by atoms with Gasteiger partial charge in [-0.25, -0.2) is 14.8 Å². The average Bonchev–Trinajstić information content (AvgIpc) is 2.99. The summed E-state index contributed by atoms with van der Waals surface area (Å²) >= 11 is 0. The number of carbonyl (C=O) groups excluding carboxylic acids is 2. The molecule has 0 radical (unpaired) electrons. The minimum atomic E-state index is -0.179. The topological polar surface area (TPSA) is 96.0 Å². The second-order valence-corrected chi connectivity index (χ2v) is 6.87. The number of hydrogen-bond acceptors (Lipinski definition) is 4. The van der Waals surface area contributed by atoms with E-state index in [0.29, 0.717) is 13.0 Å². The monoisotopic (exact) mass is 351 g/mol. The van der Waals surface area contributed by atoms with Gasteiger partial charge in [0, 0.05) is 30.2 Å². The van der Waals surface area contributed by atoms with E-state index in [4.69, 9.17) is 0 Å². The highest BCUT2D eigenvalue weighted by molar-refractivity contribution is 5.99. The lowest BCUT2D eigenvalue weighted by atomic mass is 9.93. The van der Waals surface area contributed by atoms with Crippen LogP contribution in [0.5, 0.6) is 0 Å². The Morgan fingerprint density at radius 1 is 1.35 bits per heavy atom. The van der Waals surface area contributed by atoms with E-state index in [1.54, 1.807) is 0 Å². The van der Waals surface area contributed by atoms with Crippen molar-refractivity contribution in [3.8, 4) is 0 Å². The Bertz CT molecular complexity index is 880. The molecule has 0 saturated heterocycles. The molecule has 2 heterocycles. The number of carbonyl (C=O) groups is 2. The number of anilines is 1. The highest BCUT2D eigenvalue weighted by Gasteiger charge is 2.22. The minimum Gasteiger partial charge on any atom is -0.335 e. The van der Waals surface area contributed by atoms with Crippen molar-refractivity contribution in [2.75, 3.05) is 5.32 Å². The molecule has 7 nitrogen and oxygen atoms in total. The molecule has 4 rings (SSSR count). The van der Waals surface area contributed by atoms with E-state index in [9.17, 15) is 9.59 Å². The summed E-state index contributed by atoms with van der Waals surface area (Å²) in [6, 6.07) is 5.68. The van der Waals surface area contributed by atoms with Gasteiger partial charge >= 0.3 is 6.03 Å². The van der Waals surface area contributed by atoms with E-state index in [1.807, 2.05) is 31.3 Å². The van der Waals surface area contributed by atoms with Crippen molar-refractivity contribution in [3.05, 3.63) is 52.6 Å². The Hall–Kier alpha value is -2.96. The number of benzene rings is 1. The van der Waals surface area contributed by atoms with Gasteiger partial charge in [0.15, 0.2) is 0 Å². The summed E-state index contributed by atoms with van der Waals surface area (Å²) in [6.45, 7) is 2.32. The van der Waals surface area contributed by atoms with Gasteiger partial charge in [-0.05, 0) is 48.9 Å². The largest absolute Gasteiger partial charge is 0.335 e. The quantitative estimate of drug-likeness (QED) is 0.783. The van der Waals surface area contributed by atoms with Crippen molar-refractivity contribution in [1.82, 2.24) is 20.6 Å². The Morgan fingerprint density at radius 2 is 2.23 bits per heavy atom. The van der Waals surface area contributed by atoms with Gasteiger partial charge in [0.2, 0.25) is 5.91 Å². The second kappa shape index (κ2) is 6.74. The number of nitrogens with one attached hydrogen (secondary N) is 3. The molecule has 0 saturated carbocycles. The third-order valence-electron chi connectivity index (χ3n) is 4.85. The van der Waals surface area contributed by atoms with E-state index in [2.05, 4.69) is 25.9 Å². The van der Waals surface area contributed by atoms with E-state index in [1.165, 1.54) is 0 Å². The van der Waals surface area contributed by atoms with Gasteiger partial charge in [-0.2, -0.15) is 0 Å². The predicted octanol–water partition coefficient (Wildman–Crippen LogP) is 1.64. The first-order chi connectivity index (χ1) is 12.6. The first-order valence-electron chi connectivity index (χ1n) is 8.84. The molecule has 26 heavy (non-hydrogen) atoms. The standard InChI is InChI=1S/C19H21N5O2/c1-11-20-10-14-7-15(3-5-17(14)22-11)23-19(26)21-9-12-2-4-16-13(6-12)8-18(25)24-16/h2,4,6,10,15H,3,5,7-9H2,1H3,(H,24,25)(H2,21,23,26). The molecule has 3 N–H and O–H groups in total. The fraction of sp³-hybridized carbons (Fsp3) is 0.368. The van der Waals surface area contributed by atoms with Crippen LogP contribution < -0.4 is 16.0 Å². The molecule has 2 aromatic rings. The van der Waals surface area contributed by atoms with Crippen LogP contribution in [-0.4, -0.2) is 27.9 Å². The van der Waals surface area contributed by atoms with E-state index in [0.717, 1.165) is 53.2 Å². The van der Waals surface area contributed by atoms with Gasteiger partial charge in [0.1, 0.15) is 5.82 Å². The first kappa shape index (κ1) is 16.5. The van der Waals surface area contributed by atoms with E-state index >= 15 is 0 Å². The molecule has 3 amide bonds. The molecule has 1 aliphatic heterocycles. The molecule has 2 aliphatic rings. The number of fused-ring (bicyclic) bond motifs is 2. The number of aromatic nitrogens is 2. The van der Waals surface area contributed by atoms with Crippen LogP contribution in [0.25, 0.3) is 0 Å². The van der Waals surface area contributed by atoms with Crippen molar-refractivity contribution in [2.24, 2.45) is 0 Å². The zero-order chi connectivity index (χ0) is 18.1. The number of amides is 3. The van der Waals surface area contributed by atoms with Crippen LogP contribution in [0, 0.1) is 6.92 Å². The maximum atomic E-state index is 12.2. The zero-order valence-corrected chi connectivity index (χ0v) is 14.6. The van der Waals surface area contributed by atoms with Crippen LogP contribution in [0.3, 0.4) is 0 Å². The zero-order valence-electron chi connectivity index (χ0n) is 14.6. The third-order valence-corrected chi connectivity index (χ3v) is 4.85. The van der Waals surface area contributed by atoms with Crippen LogP contribution in [0.2, 0.25) is 0 Å². The highest BCUT2D eigenvalue weighted by Crippen LogP contribution is 2.23. The third kappa shape index (κ3) is 3.51. The number of aryl methyl sites for hydroxylation is 2. The van der Waals surface area contributed by atoms with Crippen molar-refractivity contribution >= 4 is 17.6 Å². The van der Waals surface area contributed by atoms with Gasteiger partial charge < -0.3 is 16.0 Å². The van der Waals surface area contributed by atoms with E-state index < -0.39 is 0 Å². The van der Waals surface area contributed by atoms with Gasteiger partial charge in [0.05, 0.1) is 6.42 Å². The minimum absolute atomic E-state index is 0.0135. The molecule has 1 aliphatic carbocycles. The predicted molar refractivity (Wildman–Crippen MR) is 96.7 cm³/mol. The lowest BCUT2D eigenvalue weighted by Crippen LogP contribution is -2.44. The summed E-state index contributed by atoms with van der Waals surface area (Å²) in [5.74, 6) is 0.804. The Kier molecular flexibility index (Phi) is 4.28. The first-order valence-corrected chi connectivity index (χ1v) is 8.84. The van der Waals surface area contributed by atoms with E-state index in [-0.39, 0.29) is 18.0 Å². The van der Waals surface area contributed by atoms with Gasteiger partial charge in [-0.1, -0.05) is 12.1 Å². The normalized spacial score (nSPS) is 17.9. The number of hydrogen-bond donors (Lipinski definition) is 3. The molecule has 7 heteroatoms. The summed E-state index contributed by atoms with van der Waals surface area (Å²) in [5, 5.41) is 8.73. The summed E-state index contributed by atoms with van der Waals surface area (Å²) in [7, 11) is 0. The molecular formula is C19H21N5O2. The van der Waals surface area contributed by atoms with Gasteiger partial charge in [-0.3, -0.25) is 4.79 Å². The number of nitrogens with zero attached hydrogens (tertiary/aromatic N) is 2. The molecule has 134 valence electrons. The fourth-order valence-corrected chi connectivity index (χ4v) is 3.54. The van der Waals surface area contributed by atoms with Gasteiger partial charge in [0.25, 0.3) is 0 Å². The molecule has 0 bridgehead atoms. The smallest absolute Gasteiger partial charge is 0.315 e. The lowest BCUT2D eigenvalue weighted by molar-refractivity contribution is -0.115. The van der Waals surface area contributed by atoms with Gasteiger partial charge in [-0.15, -0.1) is 0 Å². The van der Waals surface area contributed by atoms with Crippen LogP contribution in [-0.2, 0) is 30.6 Å². The molecule has 0 fully saturated rings. The average molecular weight is 351 g/mol. The SMILES string of the molecule is Cc1ncc2c(n1)CCC(NC(=O)NCc1ccc3c(c1)CC(=O)N3)C2. The molecule has 1 unspecified atom stereocenters. The Labute approximate surface area is 151 Å². The molecular weight excluding hydrogens is 330 g/mol. The van der Waals surface area contributed by atoms with Crippen molar-refractivity contribution in [2.45, 2.75) is 45.2 Å². The highest BCUT2D eigenvalue weighted by atomic mass is 16.2. The molecule has 1 aromatic carbocycles. The maximum Gasteiger partial charge on any atom is 0.315 e. The lowest BCUT2D eigenvalue weighted by Gasteiger charge is -2.24. The summed E-state index contributed by atoms with van der Waals surface area (Å²) in [4.78, 5) is 32.3. The Morgan fingerprint density at radius 3 is 3.12 bits per heavy atom. The molecule has 0 spiro atoms. The summed E-state index contributed by atoms with van der Waals surface area (Å²) < 4.78 is 0. The Balaban J connectivity index is 1.30. The van der Waals surface area contributed by atoms with Crippen LogP contribution in [0.1, 0.15) is 34.6 Å².